The summed E-state index contributed by atoms with van der Waals surface area (Å²) in [6.07, 6.45) is 99.9. The summed E-state index contributed by atoms with van der Waals surface area (Å²) in [6.45, 7) is 3.69. The monoisotopic (exact) mass is 1280 g/mol. The van der Waals surface area contributed by atoms with Crippen molar-refractivity contribution in [3.63, 3.8) is 0 Å². The van der Waals surface area contributed by atoms with Crippen LogP contribution in [-0.2, 0) is 14.3 Å². The lowest BCUT2D eigenvalue weighted by Crippen LogP contribution is -2.60. The van der Waals surface area contributed by atoms with Crippen LogP contribution in [0.3, 0.4) is 0 Å². The second-order valence-corrected chi connectivity index (χ2v) is 26.1. The van der Waals surface area contributed by atoms with E-state index in [1.165, 1.54) is 193 Å². The van der Waals surface area contributed by atoms with Crippen LogP contribution in [0.2, 0.25) is 0 Å². The van der Waals surface area contributed by atoms with Crippen LogP contribution in [0.4, 0.5) is 0 Å². The van der Waals surface area contributed by atoms with Gasteiger partial charge in [0.2, 0.25) is 5.91 Å². The number of unbranched alkanes of at least 4 members (excludes halogenated alkanes) is 36. The summed E-state index contributed by atoms with van der Waals surface area (Å²) < 4.78 is 11.3. The number of allylic oxidation sites excluding steroid dienone is 21. The molecule has 1 aliphatic heterocycles. The van der Waals surface area contributed by atoms with Gasteiger partial charge in [0.05, 0.1) is 25.4 Å². The predicted molar refractivity (Wildman–Crippen MR) is 396 cm³/mol. The van der Waals surface area contributed by atoms with Crippen molar-refractivity contribution in [3.05, 3.63) is 134 Å². The molecule has 0 aliphatic carbocycles. The van der Waals surface area contributed by atoms with Crippen molar-refractivity contribution in [1.82, 2.24) is 5.32 Å². The molecular weight excluding hydrogens is 1140 g/mol. The van der Waals surface area contributed by atoms with E-state index in [-0.39, 0.29) is 12.5 Å². The maximum absolute atomic E-state index is 13.2. The molecule has 0 spiro atoms. The Labute approximate surface area is 566 Å². The fourth-order valence-corrected chi connectivity index (χ4v) is 11.5. The lowest BCUT2D eigenvalue weighted by atomic mass is 9.99. The molecule has 1 saturated heterocycles. The van der Waals surface area contributed by atoms with E-state index in [2.05, 4.69) is 141 Å². The number of carbonyl (C=O) groups excluding carboxylic acids is 1. The molecule has 0 saturated carbocycles. The fraction of sp³-hybridized carbons (Fsp3) is 0.723. The van der Waals surface area contributed by atoms with Crippen LogP contribution >= 0.6 is 0 Å². The number of hydrogen-bond acceptors (Lipinski definition) is 8. The minimum Gasteiger partial charge on any atom is -0.394 e. The van der Waals surface area contributed by atoms with Gasteiger partial charge in [0.1, 0.15) is 24.4 Å². The highest BCUT2D eigenvalue weighted by Crippen LogP contribution is 2.23. The van der Waals surface area contributed by atoms with Gasteiger partial charge in [0.15, 0.2) is 6.29 Å². The molecule has 6 N–H and O–H groups in total. The van der Waals surface area contributed by atoms with Crippen LogP contribution in [-0.4, -0.2) is 87.5 Å². The number of nitrogens with one attached hydrogen (secondary N) is 1. The van der Waals surface area contributed by atoms with Gasteiger partial charge in [0.25, 0.3) is 0 Å². The lowest BCUT2D eigenvalue weighted by Gasteiger charge is -2.40. The van der Waals surface area contributed by atoms with Gasteiger partial charge >= 0.3 is 0 Å². The SMILES string of the molecule is CC/C=C\C/C=C\C/C=C\C/C=C\C/C=C\C/C=C\C/C=C\C/C=C\C/C=C\C/C=C\CCCCCCCCCCC(=O)NC(COC1OC(CO)C(O)C(O)C1O)C(O)/C=C/CCCCCCCCCCCCCCCCCCCCCCCCCCCCCC. The van der Waals surface area contributed by atoms with Gasteiger partial charge in [-0.05, 0) is 96.3 Å². The highest BCUT2D eigenvalue weighted by Gasteiger charge is 2.44. The first kappa shape index (κ1) is 86.3. The molecule has 1 heterocycles. The van der Waals surface area contributed by atoms with Crippen LogP contribution in [0.15, 0.2) is 134 Å². The van der Waals surface area contributed by atoms with Gasteiger partial charge in [-0.3, -0.25) is 4.79 Å². The zero-order valence-corrected chi connectivity index (χ0v) is 59.3. The second-order valence-electron chi connectivity index (χ2n) is 26.1. The molecule has 92 heavy (non-hydrogen) atoms. The number of amides is 1. The van der Waals surface area contributed by atoms with Crippen molar-refractivity contribution in [3.8, 4) is 0 Å². The van der Waals surface area contributed by atoms with Crippen molar-refractivity contribution in [1.29, 1.82) is 0 Å². The lowest BCUT2D eigenvalue weighted by molar-refractivity contribution is -0.302. The van der Waals surface area contributed by atoms with Crippen molar-refractivity contribution in [2.75, 3.05) is 13.2 Å². The first-order chi connectivity index (χ1) is 45.3. The highest BCUT2D eigenvalue weighted by molar-refractivity contribution is 5.76. The largest absolute Gasteiger partial charge is 0.394 e. The Hall–Kier alpha value is -3.67. The summed E-state index contributed by atoms with van der Waals surface area (Å²) in [4.78, 5) is 13.2. The zero-order valence-electron chi connectivity index (χ0n) is 59.3. The van der Waals surface area contributed by atoms with Crippen molar-refractivity contribution >= 4 is 5.91 Å². The molecule has 0 aromatic carbocycles. The quantitative estimate of drug-likeness (QED) is 0.0261. The third-order valence-corrected chi connectivity index (χ3v) is 17.5. The average Bonchev–Trinajstić information content (AvgIpc) is 1.45. The highest BCUT2D eigenvalue weighted by atomic mass is 16.7. The third kappa shape index (κ3) is 57.7. The Morgan fingerprint density at radius 3 is 1.00 bits per heavy atom. The van der Waals surface area contributed by atoms with Gasteiger partial charge in [-0.2, -0.15) is 0 Å². The standard InChI is InChI=1S/C83H143NO8/c1-3-5-7-9-11-13-15-17-19-21-23-25-27-29-31-33-35-36-37-38-39-40-41-42-43-45-47-49-51-53-55-57-59-61-63-65-67-69-71-73-79(87)84-76(75-91-83-82(90)81(89)80(88)78(74-85)92-83)77(86)72-70-68-66-64-62-60-58-56-54-52-50-48-46-44-34-32-30-28-26-24-22-20-18-16-14-12-10-8-6-4-2/h5,7,11,13,17,19,23,25,29,31,35-36,38-39,41-42,45,47,51,53,70,72,76-78,80-83,85-86,88-90H,3-4,6,8-10,12,14-16,18,20-22,24,26-28,30,32-34,37,40,43-44,46,48-50,52,54-69,71,73-75H2,1-2H3,(H,84,87)/b7-5-,13-11-,19-17-,25-23-,31-29-,36-35-,39-38-,42-41-,47-45-,53-51-,72-70+. The normalized spacial score (nSPS) is 18.4. The van der Waals surface area contributed by atoms with Gasteiger partial charge in [0, 0.05) is 6.42 Å². The predicted octanol–water partition coefficient (Wildman–Crippen LogP) is 21.9. The Morgan fingerprint density at radius 2 is 0.674 bits per heavy atom. The molecule has 9 heteroatoms. The minimum absolute atomic E-state index is 0.187. The van der Waals surface area contributed by atoms with Crippen LogP contribution in [0.25, 0.3) is 0 Å². The number of hydrogen-bond donors (Lipinski definition) is 6. The molecule has 0 aromatic heterocycles. The Morgan fingerprint density at radius 1 is 0.380 bits per heavy atom. The summed E-state index contributed by atoms with van der Waals surface area (Å²) in [6, 6.07) is -0.821. The van der Waals surface area contributed by atoms with Crippen molar-refractivity contribution in [2.24, 2.45) is 0 Å². The molecule has 1 rings (SSSR count). The van der Waals surface area contributed by atoms with E-state index in [0.717, 1.165) is 116 Å². The molecule has 1 amide bonds. The maximum Gasteiger partial charge on any atom is 0.220 e. The molecule has 0 aromatic rings. The van der Waals surface area contributed by atoms with Crippen LogP contribution in [0.5, 0.6) is 0 Å². The second kappa shape index (κ2) is 70.1. The summed E-state index contributed by atoms with van der Waals surface area (Å²) in [5.74, 6) is -0.187. The average molecular weight is 1280 g/mol. The van der Waals surface area contributed by atoms with E-state index in [4.69, 9.17) is 9.47 Å². The smallest absolute Gasteiger partial charge is 0.220 e. The van der Waals surface area contributed by atoms with E-state index in [0.29, 0.717) is 6.42 Å². The van der Waals surface area contributed by atoms with Gasteiger partial charge < -0.3 is 40.3 Å². The summed E-state index contributed by atoms with van der Waals surface area (Å²) in [5.41, 5.74) is 0. The number of aliphatic hydroxyl groups excluding tert-OH is 5. The molecular formula is C83H143NO8. The van der Waals surface area contributed by atoms with E-state index in [9.17, 15) is 30.3 Å². The van der Waals surface area contributed by atoms with Gasteiger partial charge in [-0.1, -0.05) is 359 Å². The van der Waals surface area contributed by atoms with Crippen LogP contribution in [0, 0.1) is 0 Å². The maximum atomic E-state index is 13.2. The first-order valence-corrected chi connectivity index (χ1v) is 38.4. The first-order valence-electron chi connectivity index (χ1n) is 38.4. The molecule has 7 atom stereocenters. The molecule has 7 unspecified atom stereocenters. The summed E-state index contributed by atoms with van der Waals surface area (Å²) in [7, 11) is 0. The van der Waals surface area contributed by atoms with Crippen LogP contribution in [0.1, 0.15) is 328 Å². The molecule has 528 valence electrons. The van der Waals surface area contributed by atoms with E-state index in [1.807, 2.05) is 6.08 Å². The number of carbonyl (C=O) groups is 1. The third-order valence-electron chi connectivity index (χ3n) is 17.5. The Balaban J connectivity index is 2.14. The van der Waals surface area contributed by atoms with E-state index >= 15 is 0 Å². The molecule has 9 nitrogen and oxygen atoms in total. The number of aliphatic hydroxyl groups is 5. The Kier molecular flexibility index (Phi) is 65.8. The number of rotatable bonds is 66. The molecule has 0 bridgehead atoms. The Bertz CT molecular complexity index is 1920. The molecule has 1 fully saturated rings. The van der Waals surface area contributed by atoms with Gasteiger partial charge in [-0.25, -0.2) is 0 Å². The topological polar surface area (TPSA) is 149 Å². The van der Waals surface area contributed by atoms with E-state index < -0.39 is 49.5 Å². The van der Waals surface area contributed by atoms with Gasteiger partial charge in [-0.15, -0.1) is 0 Å². The van der Waals surface area contributed by atoms with Crippen LogP contribution < -0.4 is 5.32 Å². The zero-order chi connectivity index (χ0) is 66.4. The molecule has 0 radical (unpaired) electrons. The fourth-order valence-electron chi connectivity index (χ4n) is 11.5. The minimum atomic E-state index is -1.58. The molecule has 1 aliphatic rings. The summed E-state index contributed by atoms with van der Waals surface area (Å²) >= 11 is 0. The summed E-state index contributed by atoms with van der Waals surface area (Å²) in [5, 5.41) is 54.9. The van der Waals surface area contributed by atoms with E-state index in [1.54, 1.807) is 6.08 Å². The van der Waals surface area contributed by atoms with Crippen molar-refractivity contribution < 1.29 is 39.8 Å². The van der Waals surface area contributed by atoms with Crippen molar-refractivity contribution in [2.45, 2.75) is 371 Å². The number of ether oxygens (including phenoxy) is 2.